The Morgan fingerprint density at radius 1 is 1.24 bits per heavy atom. The number of hydrogen-bond donors (Lipinski definition) is 1. The van der Waals surface area contributed by atoms with E-state index < -0.39 is 0 Å². The average Bonchev–Trinajstić information content (AvgIpc) is 2.31. The lowest BCUT2D eigenvalue weighted by molar-refractivity contribution is 0.190. The summed E-state index contributed by atoms with van der Waals surface area (Å²) in [6.45, 7) is 6.33. The number of benzene rings is 1. The number of rotatable bonds is 6. The second-order valence-corrected chi connectivity index (χ2v) is 4.82. The molecule has 0 heterocycles. The van der Waals surface area contributed by atoms with E-state index in [1.807, 2.05) is 19.2 Å². The quantitative estimate of drug-likeness (QED) is 0.819. The molecule has 0 fully saturated rings. The molecule has 0 radical (unpaired) electrons. The van der Waals surface area contributed by atoms with Gasteiger partial charge >= 0.3 is 0 Å². The first-order valence-electron chi connectivity index (χ1n) is 6.14. The molecule has 1 aromatic carbocycles. The van der Waals surface area contributed by atoms with Crippen LogP contribution in [-0.2, 0) is 6.54 Å². The Morgan fingerprint density at radius 3 is 2.35 bits per heavy atom. The van der Waals surface area contributed by atoms with Gasteiger partial charge in [-0.15, -0.1) is 0 Å². The van der Waals surface area contributed by atoms with Crippen LogP contribution in [-0.4, -0.2) is 31.6 Å². The molecular formula is C14H23FN2. The Bertz CT molecular complexity index is 323. The van der Waals surface area contributed by atoms with Gasteiger partial charge in [0.1, 0.15) is 5.82 Å². The molecule has 0 spiro atoms. The number of nitrogens with zero attached hydrogens (tertiary/aromatic N) is 1. The van der Waals surface area contributed by atoms with Crippen LogP contribution in [0.2, 0.25) is 0 Å². The highest BCUT2D eigenvalue weighted by molar-refractivity contribution is 5.15. The smallest absolute Gasteiger partial charge is 0.123 e. The molecule has 0 aliphatic carbocycles. The second-order valence-electron chi connectivity index (χ2n) is 4.82. The van der Waals surface area contributed by atoms with Crippen LogP contribution in [0, 0.1) is 11.7 Å². The highest BCUT2D eigenvalue weighted by atomic mass is 19.1. The summed E-state index contributed by atoms with van der Waals surface area (Å²) in [6.07, 6.45) is 0. The number of hydrogen-bond acceptors (Lipinski definition) is 2. The van der Waals surface area contributed by atoms with Crippen molar-refractivity contribution in [2.45, 2.75) is 26.4 Å². The van der Waals surface area contributed by atoms with Crippen LogP contribution in [0.15, 0.2) is 24.3 Å². The van der Waals surface area contributed by atoms with Gasteiger partial charge in [-0.1, -0.05) is 19.1 Å². The van der Waals surface area contributed by atoms with Gasteiger partial charge in [-0.25, -0.2) is 4.39 Å². The maximum absolute atomic E-state index is 12.8. The van der Waals surface area contributed by atoms with E-state index in [1.165, 1.54) is 12.1 Å². The van der Waals surface area contributed by atoms with Crippen molar-refractivity contribution in [1.29, 1.82) is 0 Å². The summed E-state index contributed by atoms with van der Waals surface area (Å²) in [6, 6.07) is 7.23. The molecule has 2 nitrogen and oxygen atoms in total. The molecule has 2 unspecified atom stereocenters. The van der Waals surface area contributed by atoms with Gasteiger partial charge in [-0.3, -0.25) is 4.90 Å². The fourth-order valence-corrected chi connectivity index (χ4v) is 1.95. The van der Waals surface area contributed by atoms with Crippen LogP contribution in [0.3, 0.4) is 0 Å². The van der Waals surface area contributed by atoms with Gasteiger partial charge in [-0.2, -0.15) is 0 Å². The van der Waals surface area contributed by atoms with Gasteiger partial charge in [0, 0.05) is 12.6 Å². The summed E-state index contributed by atoms with van der Waals surface area (Å²) >= 11 is 0. The minimum Gasteiger partial charge on any atom is -0.319 e. The number of halogens is 1. The summed E-state index contributed by atoms with van der Waals surface area (Å²) in [5, 5.41) is 3.20. The Balaban J connectivity index is 2.53. The van der Waals surface area contributed by atoms with Crippen molar-refractivity contribution in [3.8, 4) is 0 Å². The number of nitrogens with one attached hydrogen (secondary N) is 1. The van der Waals surface area contributed by atoms with Gasteiger partial charge in [0.25, 0.3) is 0 Å². The van der Waals surface area contributed by atoms with Gasteiger partial charge in [-0.05, 0) is 51.2 Å². The summed E-state index contributed by atoms with van der Waals surface area (Å²) < 4.78 is 12.8. The van der Waals surface area contributed by atoms with E-state index in [1.54, 1.807) is 0 Å². The Morgan fingerprint density at radius 2 is 1.82 bits per heavy atom. The summed E-state index contributed by atoms with van der Waals surface area (Å²) in [5.41, 5.74) is 1.15. The minimum atomic E-state index is -0.173. The Labute approximate surface area is 104 Å². The fourth-order valence-electron chi connectivity index (χ4n) is 1.95. The molecule has 0 aliphatic heterocycles. The van der Waals surface area contributed by atoms with Crippen molar-refractivity contribution in [2.24, 2.45) is 5.92 Å². The normalized spacial score (nSPS) is 14.9. The molecule has 1 N–H and O–H groups in total. The van der Waals surface area contributed by atoms with E-state index in [4.69, 9.17) is 0 Å². The van der Waals surface area contributed by atoms with Gasteiger partial charge in [0.2, 0.25) is 0 Å². The average molecular weight is 238 g/mol. The standard InChI is InChI=1S/C14H23FN2/c1-11(9-16-3)12(2)17(4)10-13-5-7-14(15)8-6-13/h5-8,11-12,16H,9-10H2,1-4H3. The maximum atomic E-state index is 12.8. The topological polar surface area (TPSA) is 15.3 Å². The monoisotopic (exact) mass is 238 g/mol. The Hall–Kier alpha value is -0.930. The minimum absolute atomic E-state index is 0.173. The zero-order valence-corrected chi connectivity index (χ0v) is 11.2. The second kappa shape index (κ2) is 6.72. The zero-order valence-electron chi connectivity index (χ0n) is 11.2. The van der Waals surface area contributed by atoms with E-state index in [2.05, 4.69) is 31.1 Å². The highest BCUT2D eigenvalue weighted by Gasteiger charge is 2.16. The first kappa shape index (κ1) is 14.1. The predicted molar refractivity (Wildman–Crippen MR) is 70.4 cm³/mol. The molecule has 0 aromatic heterocycles. The summed E-state index contributed by atoms with van der Waals surface area (Å²) in [5.74, 6) is 0.415. The first-order valence-corrected chi connectivity index (χ1v) is 6.14. The largest absolute Gasteiger partial charge is 0.319 e. The van der Waals surface area contributed by atoms with E-state index in [0.717, 1.165) is 18.7 Å². The van der Waals surface area contributed by atoms with E-state index in [0.29, 0.717) is 12.0 Å². The van der Waals surface area contributed by atoms with Crippen LogP contribution >= 0.6 is 0 Å². The molecule has 1 aromatic rings. The molecule has 0 saturated heterocycles. The molecule has 0 aliphatic rings. The van der Waals surface area contributed by atoms with E-state index in [-0.39, 0.29) is 5.82 Å². The van der Waals surface area contributed by atoms with Crippen LogP contribution in [0.4, 0.5) is 4.39 Å². The van der Waals surface area contributed by atoms with Gasteiger partial charge in [0.15, 0.2) is 0 Å². The van der Waals surface area contributed by atoms with E-state index in [9.17, 15) is 4.39 Å². The van der Waals surface area contributed by atoms with Crippen LogP contribution in [0.5, 0.6) is 0 Å². The summed E-state index contributed by atoms with van der Waals surface area (Å²) in [4.78, 5) is 2.30. The predicted octanol–water partition coefficient (Wildman–Crippen LogP) is 2.50. The lowest BCUT2D eigenvalue weighted by Crippen LogP contribution is -2.37. The van der Waals surface area contributed by atoms with Crippen molar-refractivity contribution in [3.05, 3.63) is 35.6 Å². The lowest BCUT2D eigenvalue weighted by atomic mass is 10.0. The molecule has 0 amide bonds. The van der Waals surface area contributed by atoms with Crippen molar-refractivity contribution in [2.75, 3.05) is 20.6 Å². The SMILES string of the molecule is CNCC(C)C(C)N(C)Cc1ccc(F)cc1. The van der Waals surface area contributed by atoms with Crippen LogP contribution in [0.1, 0.15) is 19.4 Å². The van der Waals surface area contributed by atoms with Gasteiger partial charge in [0.05, 0.1) is 0 Å². The molecular weight excluding hydrogens is 215 g/mol. The molecule has 2 atom stereocenters. The molecule has 96 valence electrons. The summed E-state index contributed by atoms with van der Waals surface area (Å²) in [7, 11) is 4.09. The molecule has 17 heavy (non-hydrogen) atoms. The molecule has 1 rings (SSSR count). The molecule has 0 saturated carbocycles. The fraction of sp³-hybridized carbons (Fsp3) is 0.571. The third-order valence-electron chi connectivity index (χ3n) is 3.39. The van der Waals surface area contributed by atoms with Crippen LogP contribution < -0.4 is 5.32 Å². The van der Waals surface area contributed by atoms with E-state index >= 15 is 0 Å². The van der Waals surface area contributed by atoms with Crippen LogP contribution in [0.25, 0.3) is 0 Å². The molecule has 0 bridgehead atoms. The van der Waals surface area contributed by atoms with Crippen molar-refractivity contribution < 1.29 is 4.39 Å². The van der Waals surface area contributed by atoms with Crippen molar-refractivity contribution >= 4 is 0 Å². The third-order valence-corrected chi connectivity index (χ3v) is 3.39. The maximum Gasteiger partial charge on any atom is 0.123 e. The lowest BCUT2D eigenvalue weighted by Gasteiger charge is -2.29. The molecule has 3 heteroatoms. The first-order chi connectivity index (χ1) is 8.04. The van der Waals surface area contributed by atoms with Crippen molar-refractivity contribution in [3.63, 3.8) is 0 Å². The van der Waals surface area contributed by atoms with Gasteiger partial charge < -0.3 is 5.32 Å². The Kier molecular flexibility index (Phi) is 5.59. The zero-order chi connectivity index (χ0) is 12.8. The highest BCUT2D eigenvalue weighted by Crippen LogP contribution is 2.12. The van der Waals surface area contributed by atoms with Crippen molar-refractivity contribution in [1.82, 2.24) is 10.2 Å². The third kappa shape index (κ3) is 4.44.